The quantitative estimate of drug-likeness (QED) is 0.940. The molecular weight excluding hydrogens is 305 g/mol. The molecule has 1 aliphatic rings. The summed E-state index contributed by atoms with van der Waals surface area (Å²) in [6, 6.07) is 4.23. The van der Waals surface area contributed by atoms with Gasteiger partial charge >= 0.3 is 0 Å². The highest BCUT2D eigenvalue weighted by Gasteiger charge is 2.28. The number of nitrogens with zero attached hydrogens (tertiary/aromatic N) is 2. The first-order valence-corrected chi connectivity index (χ1v) is 8.70. The predicted octanol–water partition coefficient (Wildman–Crippen LogP) is 2.57. The van der Waals surface area contributed by atoms with E-state index in [1.165, 1.54) is 24.5 Å². The van der Waals surface area contributed by atoms with E-state index >= 15 is 0 Å². The van der Waals surface area contributed by atoms with Crippen LogP contribution in [0.1, 0.15) is 43.5 Å². The fourth-order valence-corrected chi connectivity index (χ4v) is 3.88. The third-order valence-corrected chi connectivity index (χ3v) is 5.33. The van der Waals surface area contributed by atoms with E-state index in [0.717, 1.165) is 17.5 Å². The lowest BCUT2D eigenvalue weighted by molar-refractivity contribution is 0.530. The minimum absolute atomic E-state index is 0.0882. The number of sulfonamides is 1. The van der Waals surface area contributed by atoms with Crippen LogP contribution in [0.5, 0.6) is 0 Å². The molecule has 1 heterocycles. The van der Waals surface area contributed by atoms with Crippen molar-refractivity contribution in [3.63, 3.8) is 0 Å². The summed E-state index contributed by atoms with van der Waals surface area (Å²) in [6.07, 6.45) is 4.22. The maximum Gasteiger partial charge on any atom is 0.244 e. The van der Waals surface area contributed by atoms with E-state index in [-0.39, 0.29) is 16.8 Å². The van der Waals surface area contributed by atoms with Gasteiger partial charge < -0.3 is 0 Å². The number of fused-ring (bicyclic) bond motifs is 1. The third kappa shape index (κ3) is 2.78. The molecular formula is C15H18FN3O2S. The maximum absolute atomic E-state index is 13.4. The van der Waals surface area contributed by atoms with Crippen LogP contribution in [-0.4, -0.2) is 18.2 Å². The lowest BCUT2D eigenvalue weighted by Crippen LogP contribution is -2.27. The van der Waals surface area contributed by atoms with Crippen LogP contribution in [0.4, 0.5) is 4.39 Å². The highest BCUT2D eigenvalue weighted by Crippen LogP contribution is 2.32. The zero-order valence-electron chi connectivity index (χ0n) is 12.5. The first-order chi connectivity index (χ1) is 10.4. The van der Waals surface area contributed by atoms with Crippen LogP contribution in [0.25, 0.3) is 0 Å². The topological polar surface area (TPSA) is 64.0 Å². The van der Waals surface area contributed by atoms with Crippen molar-refractivity contribution in [3.8, 4) is 0 Å². The normalized spacial score (nSPS) is 17.9. The molecule has 1 atom stereocenters. The number of aryl methyl sites for hydroxylation is 1. The summed E-state index contributed by atoms with van der Waals surface area (Å²) >= 11 is 0. The van der Waals surface area contributed by atoms with Gasteiger partial charge in [-0.15, -0.1) is 0 Å². The van der Waals surface area contributed by atoms with Crippen molar-refractivity contribution in [2.75, 3.05) is 0 Å². The van der Waals surface area contributed by atoms with E-state index in [1.807, 2.05) is 13.8 Å². The third-order valence-electron chi connectivity index (χ3n) is 3.90. The predicted molar refractivity (Wildman–Crippen MR) is 80.4 cm³/mol. The second-order valence-corrected chi connectivity index (χ2v) is 7.52. The molecule has 1 aliphatic carbocycles. The summed E-state index contributed by atoms with van der Waals surface area (Å²) in [7, 11) is -3.67. The summed E-state index contributed by atoms with van der Waals surface area (Å²) in [5.74, 6) is -0.350. The molecule has 0 aliphatic heterocycles. The molecule has 118 valence electrons. The second kappa shape index (κ2) is 5.48. The molecule has 0 amide bonds. The van der Waals surface area contributed by atoms with E-state index in [2.05, 4.69) is 9.82 Å². The van der Waals surface area contributed by atoms with Gasteiger partial charge in [0.05, 0.1) is 6.20 Å². The Morgan fingerprint density at radius 1 is 1.41 bits per heavy atom. The van der Waals surface area contributed by atoms with Gasteiger partial charge in [0.25, 0.3) is 0 Å². The first-order valence-electron chi connectivity index (χ1n) is 7.21. The van der Waals surface area contributed by atoms with Crippen molar-refractivity contribution < 1.29 is 12.8 Å². The zero-order chi connectivity index (χ0) is 15.9. The van der Waals surface area contributed by atoms with Crippen molar-refractivity contribution in [3.05, 3.63) is 47.5 Å². The zero-order valence-corrected chi connectivity index (χ0v) is 13.3. The summed E-state index contributed by atoms with van der Waals surface area (Å²) in [6.45, 7) is 3.85. The van der Waals surface area contributed by atoms with Crippen LogP contribution < -0.4 is 4.72 Å². The Kier molecular flexibility index (Phi) is 3.78. The largest absolute Gasteiger partial charge is 0.269 e. The molecule has 0 unspecified atom stereocenters. The number of hydrogen-bond donors (Lipinski definition) is 1. The Morgan fingerprint density at radius 2 is 2.18 bits per heavy atom. The summed E-state index contributed by atoms with van der Waals surface area (Å²) in [5.41, 5.74) is 1.71. The Balaban J connectivity index is 1.85. The summed E-state index contributed by atoms with van der Waals surface area (Å²) in [4.78, 5) is 0.131. The van der Waals surface area contributed by atoms with Crippen LogP contribution in [0, 0.1) is 5.82 Å². The van der Waals surface area contributed by atoms with Crippen molar-refractivity contribution in [2.45, 2.75) is 43.7 Å². The molecule has 1 aromatic heterocycles. The number of aromatic nitrogens is 2. The van der Waals surface area contributed by atoms with Gasteiger partial charge in [-0.05, 0) is 49.9 Å². The van der Waals surface area contributed by atoms with Crippen LogP contribution in [0.2, 0.25) is 0 Å². The fraction of sp³-hybridized carbons (Fsp3) is 0.400. The number of rotatable bonds is 4. The summed E-state index contributed by atoms with van der Waals surface area (Å²) in [5, 5.41) is 4.05. The monoisotopic (exact) mass is 323 g/mol. The average molecular weight is 323 g/mol. The van der Waals surface area contributed by atoms with Crippen molar-refractivity contribution in [2.24, 2.45) is 0 Å². The van der Waals surface area contributed by atoms with Crippen LogP contribution in [0.15, 0.2) is 35.5 Å². The smallest absolute Gasteiger partial charge is 0.244 e. The molecule has 1 N–H and O–H groups in total. The molecule has 0 saturated carbocycles. The van der Waals surface area contributed by atoms with E-state index in [0.29, 0.717) is 6.42 Å². The Bertz CT molecular complexity index is 799. The molecule has 0 spiro atoms. The number of nitrogens with one attached hydrogen (secondary N) is 1. The molecule has 7 heteroatoms. The minimum atomic E-state index is -3.67. The van der Waals surface area contributed by atoms with Crippen LogP contribution >= 0.6 is 0 Å². The lowest BCUT2D eigenvalue weighted by atomic mass is 10.1. The maximum atomic E-state index is 13.4. The van der Waals surface area contributed by atoms with Crippen LogP contribution in [-0.2, 0) is 16.4 Å². The molecule has 1 aromatic carbocycles. The van der Waals surface area contributed by atoms with E-state index < -0.39 is 16.1 Å². The highest BCUT2D eigenvalue weighted by molar-refractivity contribution is 7.89. The van der Waals surface area contributed by atoms with E-state index in [9.17, 15) is 12.8 Å². The fourth-order valence-electron chi connectivity index (χ4n) is 2.69. The minimum Gasteiger partial charge on any atom is -0.269 e. The standard InChI is InChI=1S/C15H18FN3O2S/c1-10(2)19-9-13(8-17-19)22(20,21)18-15-6-4-11-3-5-12(16)7-14(11)15/h3,5,7-10,15,18H,4,6H2,1-2H3/t15-/m0/s1. The molecule has 0 bridgehead atoms. The summed E-state index contributed by atoms with van der Waals surface area (Å²) < 4.78 is 42.6. The second-order valence-electron chi connectivity index (χ2n) is 5.81. The van der Waals surface area contributed by atoms with E-state index in [1.54, 1.807) is 10.7 Å². The van der Waals surface area contributed by atoms with Gasteiger partial charge in [0, 0.05) is 18.3 Å². The molecule has 2 aromatic rings. The molecule has 22 heavy (non-hydrogen) atoms. The molecule has 0 fully saturated rings. The number of halogens is 1. The van der Waals surface area contributed by atoms with Gasteiger partial charge in [-0.3, -0.25) is 4.68 Å². The van der Waals surface area contributed by atoms with Gasteiger partial charge in [-0.2, -0.15) is 5.10 Å². The Labute approximate surface area is 129 Å². The molecule has 0 radical (unpaired) electrons. The number of hydrogen-bond acceptors (Lipinski definition) is 3. The number of benzene rings is 1. The van der Waals surface area contributed by atoms with Gasteiger partial charge in [0.1, 0.15) is 10.7 Å². The van der Waals surface area contributed by atoms with Gasteiger partial charge in [0.15, 0.2) is 0 Å². The van der Waals surface area contributed by atoms with Gasteiger partial charge in [0.2, 0.25) is 10.0 Å². The highest BCUT2D eigenvalue weighted by atomic mass is 32.2. The van der Waals surface area contributed by atoms with Gasteiger partial charge in [-0.1, -0.05) is 6.07 Å². The first kappa shape index (κ1) is 15.2. The van der Waals surface area contributed by atoms with Crippen LogP contribution in [0.3, 0.4) is 0 Å². The SMILES string of the molecule is CC(C)n1cc(S(=O)(=O)N[C@H]2CCc3ccc(F)cc32)cn1. The Hall–Kier alpha value is -1.73. The average Bonchev–Trinajstić information content (AvgIpc) is 3.06. The van der Waals surface area contributed by atoms with Crippen molar-refractivity contribution in [1.29, 1.82) is 0 Å². The molecule has 3 rings (SSSR count). The molecule has 5 nitrogen and oxygen atoms in total. The molecule has 0 saturated heterocycles. The van der Waals surface area contributed by atoms with Crippen molar-refractivity contribution in [1.82, 2.24) is 14.5 Å². The van der Waals surface area contributed by atoms with Gasteiger partial charge in [-0.25, -0.2) is 17.5 Å². The lowest BCUT2D eigenvalue weighted by Gasteiger charge is -2.13. The van der Waals surface area contributed by atoms with E-state index in [4.69, 9.17) is 0 Å². The van der Waals surface area contributed by atoms with Crippen molar-refractivity contribution >= 4 is 10.0 Å². The Morgan fingerprint density at radius 3 is 2.86 bits per heavy atom.